The third-order valence-electron chi connectivity index (χ3n) is 3.46. The van der Waals surface area contributed by atoms with Gasteiger partial charge in [-0.25, -0.2) is 4.79 Å². The summed E-state index contributed by atoms with van der Waals surface area (Å²) in [6.07, 6.45) is 1.77. The Labute approximate surface area is 141 Å². The summed E-state index contributed by atoms with van der Waals surface area (Å²) in [5, 5.41) is 7.65. The van der Waals surface area contributed by atoms with E-state index in [1.807, 2.05) is 41.1 Å². The summed E-state index contributed by atoms with van der Waals surface area (Å²) in [4.78, 5) is 16.4. The van der Waals surface area contributed by atoms with Gasteiger partial charge in [0.1, 0.15) is 12.4 Å². The number of ether oxygens (including phenoxy) is 2. The van der Waals surface area contributed by atoms with E-state index in [1.54, 1.807) is 17.4 Å². The van der Waals surface area contributed by atoms with Gasteiger partial charge in [-0.3, -0.25) is 0 Å². The quantitative estimate of drug-likeness (QED) is 0.678. The van der Waals surface area contributed by atoms with Gasteiger partial charge in [-0.1, -0.05) is 23.4 Å². The molecule has 0 atom stereocenters. The molecule has 0 saturated heterocycles. The van der Waals surface area contributed by atoms with Crippen LogP contribution in [0, 0.1) is 0 Å². The molecule has 4 rings (SSSR count). The molecule has 0 fully saturated rings. The first-order chi connectivity index (χ1) is 11.8. The highest BCUT2D eigenvalue weighted by Gasteiger charge is 2.19. The van der Waals surface area contributed by atoms with Gasteiger partial charge in [-0.15, -0.1) is 0 Å². The molecule has 120 valence electrons. The van der Waals surface area contributed by atoms with Crippen LogP contribution in [0.3, 0.4) is 0 Å². The van der Waals surface area contributed by atoms with E-state index in [2.05, 4.69) is 10.1 Å². The van der Waals surface area contributed by atoms with Crippen molar-refractivity contribution in [1.82, 2.24) is 10.1 Å². The molecule has 0 amide bonds. The Hall–Kier alpha value is -2.93. The van der Waals surface area contributed by atoms with E-state index >= 15 is 0 Å². The van der Waals surface area contributed by atoms with E-state index in [0.29, 0.717) is 17.3 Å². The number of hydrogen-bond donors (Lipinski definition) is 0. The van der Waals surface area contributed by atoms with E-state index in [4.69, 9.17) is 14.0 Å². The average molecular weight is 340 g/mol. The Balaban J connectivity index is 1.42. The van der Waals surface area contributed by atoms with Crippen molar-refractivity contribution in [3.63, 3.8) is 0 Å². The van der Waals surface area contributed by atoms with Gasteiger partial charge in [-0.2, -0.15) is 16.3 Å². The first-order valence-corrected chi connectivity index (χ1v) is 8.18. The Morgan fingerprint density at radius 1 is 1.29 bits per heavy atom. The molecule has 2 aromatic heterocycles. The van der Waals surface area contributed by atoms with Crippen molar-refractivity contribution in [2.24, 2.45) is 0 Å². The van der Waals surface area contributed by atoms with E-state index in [0.717, 1.165) is 16.9 Å². The van der Waals surface area contributed by atoms with Crippen LogP contribution in [-0.2, 0) is 16.1 Å². The van der Waals surface area contributed by atoms with Crippen molar-refractivity contribution in [3.05, 3.63) is 58.1 Å². The van der Waals surface area contributed by atoms with Crippen LogP contribution >= 0.6 is 11.3 Å². The molecule has 7 heteroatoms. The largest absolute Gasteiger partial charge is 0.488 e. The maximum Gasteiger partial charge on any atom is 0.337 e. The maximum absolute atomic E-state index is 12.2. The van der Waals surface area contributed by atoms with E-state index < -0.39 is 5.97 Å². The zero-order chi connectivity index (χ0) is 16.4. The molecule has 0 bridgehead atoms. The number of aromatic nitrogens is 2. The highest BCUT2D eigenvalue weighted by molar-refractivity contribution is 7.08. The molecule has 6 nitrogen and oxygen atoms in total. The van der Waals surface area contributed by atoms with Crippen molar-refractivity contribution < 1.29 is 18.8 Å². The molecule has 1 aromatic carbocycles. The molecule has 1 aliphatic heterocycles. The number of para-hydroxylation sites is 1. The van der Waals surface area contributed by atoms with Gasteiger partial charge in [0.25, 0.3) is 5.89 Å². The number of esters is 1. The Morgan fingerprint density at radius 2 is 2.21 bits per heavy atom. The second-order valence-corrected chi connectivity index (χ2v) is 5.88. The number of carbonyl (C=O) groups is 1. The highest BCUT2D eigenvalue weighted by atomic mass is 32.1. The fourth-order valence-electron chi connectivity index (χ4n) is 2.27. The molecule has 0 radical (unpaired) electrons. The van der Waals surface area contributed by atoms with Crippen molar-refractivity contribution in [3.8, 4) is 17.2 Å². The average Bonchev–Trinajstić information content (AvgIpc) is 3.30. The number of hydrogen-bond acceptors (Lipinski definition) is 7. The van der Waals surface area contributed by atoms with Crippen molar-refractivity contribution in [2.75, 3.05) is 6.61 Å². The number of rotatable bonds is 4. The third-order valence-corrected chi connectivity index (χ3v) is 4.15. The molecular weight excluding hydrogens is 328 g/mol. The van der Waals surface area contributed by atoms with Crippen LogP contribution in [0.15, 0.2) is 51.2 Å². The van der Waals surface area contributed by atoms with Crippen molar-refractivity contribution >= 4 is 23.4 Å². The first-order valence-electron chi connectivity index (χ1n) is 7.24. The third kappa shape index (κ3) is 2.93. The lowest BCUT2D eigenvalue weighted by molar-refractivity contribution is -0.140. The monoisotopic (exact) mass is 340 g/mol. The Bertz CT molecular complexity index is 899. The van der Waals surface area contributed by atoms with Gasteiger partial charge in [0, 0.05) is 10.9 Å². The van der Waals surface area contributed by atoms with Gasteiger partial charge in [0.05, 0.1) is 11.1 Å². The van der Waals surface area contributed by atoms with E-state index in [9.17, 15) is 4.79 Å². The minimum atomic E-state index is -0.452. The van der Waals surface area contributed by atoms with Crippen molar-refractivity contribution in [1.29, 1.82) is 0 Å². The number of thiophene rings is 1. The molecule has 1 aliphatic rings. The summed E-state index contributed by atoms with van der Waals surface area (Å²) in [7, 11) is 0. The molecule has 3 aromatic rings. The molecule has 0 unspecified atom stereocenters. The van der Waals surface area contributed by atoms with Crippen LogP contribution in [0.4, 0.5) is 0 Å². The number of fused-ring (bicyclic) bond motifs is 1. The lowest BCUT2D eigenvalue weighted by Crippen LogP contribution is -2.17. The van der Waals surface area contributed by atoms with E-state index in [-0.39, 0.29) is 13.2 Å². The topological polar surface area (TPSA) is 74.5 Å². The molecule has 0 N–H and O–H groups in total. The highest BCUT2D eigenvalue weighted by Crippen LogP contribution is 2.26. The lowest BCUT2D eigenvalue weighted by atomic mass is 10.1. The number of nitrogens with zero attached hydrogens (tertiary/aromatic N) is 2. The van der Waals surface area contributed by atoms with Gasteiger partial charge in [0.2, 0.25) is 5.82 Å². The maximum atomic E-state index is 12.2. The second-order valence-electron chi connectivity index (χ2n) is 5.10. The first kappa shape index (κ1) is 14.6. The second kappa shape index (κ2) is 6.29. The molecule has 24 heavy (non-hydrogen) atoms. The molecule has 0 spiro atoms. The Kier molecular flexibility index (Phi) is 3.84. The van der Waals surface area contributed by atoms with Gasteiger partial charge in [0.15, 0.2) is 6.61 Å². The Morgan fingerprint density at radius 3 is 3.08 bits per heavy atom. The molecule has 0 aliphatic carbocycles. The van der Waals surface area contributed by atoms with Crippen LogP contribution < -0.4 is 4.74 Å². The van der Waals surface area contributed by atoms with Crippen LogP contribution in [-0.4, -0.2) is 22.7 Å². The fourth-order valence-corrected chi connectivity index (χ4v) is 2.90. The summed E-state index contributed by atoms with van der Waals surface area (Å²) in [5.74, 6) is 1.04. The number of benzene rings is 1. The van der Waals surface area contributed by atoms with Crippen LogP contribution in [0.2, 0.25) is 0 Å². The van der Waals surface area contributed by atoms with Crippen molar-refractivity contribution in [2.45, 2.75) is 6.61 Å². The SMILES string of the molecule is O=C(OCc1noc(-c2ccsc2)n1)C1=Cc2ccccc2OC1. The van der Waals surface area contributed by atoms with Crippen LogP contribution in [0.25, 0.3) is 17.5 Å². The zero-order valence-electron chi connectivity index (χ0n) is 12.5. The van der Waals surface area contributed by atoms with Gasteiger partial charge < -0.3 is 14.0 Å². The number of carbonyl (C=O) groups excluding carboxylic acids is 1. The van der Waals surface area contributed by atoms with E-state index in [1.165, 1.54) is 0 Å². The minimum absolute atomic E-state index is 0.0501. The lowest BCUT2D eigenvalue weighted by Gasteiger charge is -2.16. The van der Waals surface area contributed by atoms with Crippen LogP contribution in [0.5, 0.6) is 5.75 Å². The summed E-state index contributed by atoms with van der Waals surface area (Å²) >= 11 is 1.54. The smallest absolute Gasteiger partial charge is 0.337 e. The molecular formula is C17H12N2O4S. The molecule has 3 heterocycles. The predicted octanol–water partition coefficient (Wildman–Crippen LogP) is 3.32. The zero-order valence-corrected chi connectivity index (χ0v) is 13.3. The van der Waals surface area contributed by atoms with Gasteiger partial charge >= 0.3 is 5.97 Å². The predicted molar refractivity (Wildman–Crippen MR) is 87.3 cm³/mol. The molecule has 0 saturated carbocycles. The fraction of sp³-hybridized carbons (Fsp3) is 0.118. The standard InChI is InChI=1S/C17H12N2O4S/c20-17(13-7-11-3-1-2-4-14(11)21-8-13)22-9-15-18-16(23-19-15)12-5-6-24-10-12/h1-7,10H,8-9H2. The minimum Gasteiger partial charge on any atom is -0.488 e. The van der Waals surface area contributed by atoms with Gasteiger partial charge in [-0.05, 0) is 23.6 Å². The summed E-state index contributed by atoms with van der Waals surface area (Å²) in [5.41, 5.74) is 2.16. The summed E-state index contributed by atoms with van der Waals surface area (Å²) in [6.45, 7) is 0.133. The summed E-state index contributed by atoms with van der Waals surface area (Å²) < 4.78 is 15.9. The normalized spacial score (nSPS) is 12.9. The summed E-state index contributed by atoms with van der Waals surface area (Å²) in [6, 6.07) is 9.40. The van der Waals surface area contributed by atoms with Crippen LogP contribution in [0.1, 0.15) is 11.4 Å².